The minimum Gasteiger partial charge on any atom is -0.363 e. The van der Waals surface area contributed by atoms with Gasteiger partial charge in [0.1, 0.15) is 5.82 Å². The van der Waals surface area contributed by atoms with Crippen LogP contribution in [0.5, 0.6) is 0 Å². The van der Waals surface area contributed by atoms with Gasteiger partial charge in [-0.2, -0.15) is 4.98 Å². The minimum atomic E-state index is -0.174. The van der Waals surface area contributed by atoms with Crippen LogP contribution in [0.2, 0.25) is 0 Å². The van der Waals surface area contributed by atoms with Gasteiger partial charge in [0.25, 0.3) is 0 Å². The first-order chi connectivity index (χ1) is 13.9. The van der Waals surface area contributed by atoms with Crippen LogP contribution in [-0.4, -0.2) is 30.0 Å². The Balaban J connectivity index is 1.63. The summed E-state index contributed by atoms with van der Waals surface area (Å²) in [6.45, 7) is 3.95. The average Bonchev–Trinajstić information content (AvgIpc) is 2.68. The Kier molecular flexibility index (Phi) is 6.24. The molecule has 0 fully saturated rings. The van der Waals surface area contributed by atoms with Crippen molar-refractivity contribution in [3.8, 4) is 0 Å². The second-order valence-corrected chi connectivity index (χ2v) is 6.97. The Morgan fingerprint density at radius 2 is 1.66 bits per heavy atom. The predicted molar refractivity (Wildman–Crippen MR) is 120 cm³/mol. The number of anilines is 4. The Morgan fingerprint density at radius 1 is 0.966 bits per heavy atom. The second kappa shape index (κ2) is 9.01. The van der Waals surface area contributed by atoms with Crippen molar-refractivity contribution in [1.82, 2.24) is 9.97 Å². The monoisotopic (exact) mass is 387 g/mol. The predicted octanol–water partition coefficient (Wildman–Crippen LogP) is 4.55. The molecule has 0 aliphatic carbocycles. The molecule has 2 N–H and O–H groups in total. The van der Waals surface area contributed by atoms with Crippen LogP contribution in [0.25, 0.3) is 6.08 Å². The quantitative estimate of drug-likeness (QED) is 0.607. The highest BCUT2D eigenvalue weighted by Gasteiger charge is 2.05. The number of carbonyl (C=O) groups excluding carboxylic acids is 1. The third-order valence-corrected chi connectivity index (χ3v) is 4.31. The SMILES string of the molecule is Cc1cc(N(C)C)nc(Nc2ccc(NC(=O)/C=C/c3ccccc3C)cc2)n1. The highest BCUT2D eigenvalue weighted by molar-refractivity contribution is 6.02. The van der Waals surface area contributed by atoms with E-state index in [1.54, 1.807) is 0 Å². The standard InChI is InChI=1S/C23H25N5O/c1-16-7-5-6-8-18(16)9-14-22(29)25-19-10-12-20(13-11-19)26-23-24-17(2)15-21(27-23)28(3)4/h5-15H,1-4H3,(H,25,29)(H,24,26,27)/b14-9+. The molecular weight excluding hydrogens is 362 g/mol. The van der Waals surface area contributed by atoms with Crippen LogP contribution in [0.1, 0.15) is 16.8 Å². The van der Waals surface area contributed by atoms with Crippen LogP contribution in [0.4, 0.5) is 23.1 Å². The minimum absolute atomic E-state index is 0.174. The Labute approximate surface area is 171 Å². The maximum absolute atomic E-state index is 12.2. The van der Waals surface area contributed by atoms with Gasteiger partial charge in [-0.3, -0.25) is 4.79 Å². The zero-order valence-corrected chi connectivity index (χ0v) is 17.1. The van der Waals surface area contributed by atoms with Crippen molar-refractivity contribution in [2.45, 2.75) is 13.8 Å². The molecule has 6 nitrogen and oxygen atoms in total. The molecule has 0 radical (unpaired) electrons. The van der Waals surface area contributed by atoms with Crippen molar-refractivity contribution in [1.29, 1.82) is 0 Å². The topological polar surface area (TPSA) is 70.2 Å². The van der Waals surface area contributed by atoms with Crippen LogP contribution in [-0.2, 0) is 4.79 Å². The summed E-state index contributed by atoms with van der Waals surface area (Å²) in [6, 6.07) is 17.3. The zero-order chi connectivity index (χ0) is 20.8. The number of aryl methyl sites for hydroxylation is 2. The van der Waals surface area contributed by atoms with Crippen molar-refractivity contribution >= 4 is 35.1 Å². The first-order valence-corrected chi connectivity index (χ1v) is 9.35. The zero-order valence-electron chi connectivity index (χ0n) is 17.1. The summed E-state index contributed by atoms with van der Waals surface area (Å²) in [6.07, 6.45) is 3.36. The van der Waals surface area contributed by atoms with E-state index in [0.717, 1.165) is 28.3 Å². The number of benzene rings is 2. The molecular formula is C23H25N5O. The summed E-state index contributed by atoms with van der Waals surface area (Å²) >= 11 is 0. The fourth-order valence-electron chi connectivity index (χ4n) is 2.73. The van der Waals surface area contributed by atoms with E-state index in [4.69, 9.17) is 0 Å². The normalized spacial score (nSPS) is 10.8. The van der Waals surface area contributed by atoms with Gasteiger partial charge in [0.05, 0.1) is 0 Å². The largest absolute Gasteiger partial charge is 0.363 e. The van der Waals surface area contributed by atoms with Gasteiger partial charge in [-0.15, -0.1) is 0 Å². The maximum atomic E-state index is 12.2. The van der Waals surface area contributed by atoms with Crippen LogP contribution in [0.15, 0.2) is 60.7 Å². The van der Waals surface area contributed by atoms with Crippen molar-refractivity contribution < 1.29 is 4.79 Å². The first-order valence-electron chi connectivity index (χ1n) is 9.35. The molecule has 0 unspecified atom stereocenters. The number of nitrogens with one attached hydrogen (secondary N) is 2. The summed E-state index contributed by atoms with van der Waals surface area (Å²) in [5.41, 5.74) is 4.60. The van der Waals surface area contributed by atoms with Gasteiger partial charge in [0.2, 0.25) is 11.9 Å². The lowest BCUT2D eigenvalue weighted by molar-refractivity contribution is -0.111. The molecule has 0 saturated carbocycles. The van der Waals surface area contributed by atoms with Gasteiger partial charge >= 0.3 is 0 Å². The number of amides is 1. The van der Waals surface area contributed by atoms with Crippen molar-refractivity contribution in [2.75, 3.05) is 29.6 Å². The summed E-state index contributed by atoms with van der Waals surface area (Å²) in [4.78, 5) is 23.0. The van der Waals surface area contributed by atoms with Crippen LogP contribution >= 0.6 is 0 Å². The van der Waals surface area contributed by atoms with Gasteiger partial charge in [-0.05, 0) is 55.3 Å². The fraction of sp³-hybridized carbons (Fsp3) is 0.174. The Bertz CT molecular complexity index is 1030. The van der Waals surface area contributed by atoms with Crippen LogP contribution < -0.4 is 15.5 Å². The highest BCUT2D eigenvalue weighted by Crippen LogP contribution is 2.19. The van der Waals surface area contributed by atoms with Gasteiger partial charge in [-0.1, -0.05) is 24.3 Å². The van der Waals surface area contributed by atoms with E-state index >= 15 is 0 Å². The second-order valence-electron chi connectivity index (χ2n) is 6.97. The molecule has 29 heavy (non-hydrogen) atoms. The molecule has 0 saturated heterocycles. The third kappa shape index (κ3) is 5.65. The molecule has 1 aromatic heterocycles. The smallest absolute Gasteiger partial charge is 0.248 e. The summed E-state index contributed by atoms with van der Waals surface area (Å²) in [7, 11) is 3.88. The molecule has 148 valence electrons. The average molecular weight is 387 g/mol. The lowest BCUT2D eigenvalue weighted by Gasteiger charge is -2.14. The molecule has 0 bridgehead atoms. The number of hydrogen-bond acceptors (Lipinski definition) is 5. The van der Waals surface area contributed by atoms with Gasteiger partial charge in [0, 0.05) is 43.3 Å². The Morgan fingerprint density at radius 3 is 2.34 bits per heavy atom. The van der Waals surface area contributed by atoms with Crippen molar-refractivity contribution in [3.63, 3.8) is 0 Å². The van der Waals surface area contributed by atoms with Crippen molar-refractivity contribution in [3.05, 3.63) is 77.5 Å². The molecule has 0 aliphatic rings. The van der Waals surface area contributed by atoms with Crippen LogP contribution in [0.3, 0.4) is 0 Å². The number of aromatic nitrogens is 2. The summed E-state index contributed by atoms with van der Waals surface area (Å²) < 4.78 is 0. The van der Waals surface area contributed by atoms with E-state index in [1.165, 1.54) is 6.08 Å². The summed E-state index contributed by atoms with van der Waals surface area (Å²) in [5.74, 6) is 1.20. The molecule has 0 atom stereocenters. The first kappa shape index (κ1) is 20.1. The molecule has 3 rings (SSSR count). The van der Waals surface area contributed by atoms with E-state index in [0.29, 0.717) is 11.6 Å². The number of carbonyl (C=O) groups is 1. The Hall–Kier alpha value is -3.67. The summed E-state index contributed by atoms with van der Waals surface area (Å²) in [5, 5.41) is 6.06. The molecule has 0 aliphatic heterocycles. The van der Waals surface area contributed by atoms with Gasteiger partial charge < -0.3 is 15.5 Å². The van der Waals surface area contributed by atoms with Gasteiger partial charge in [-0.25, -0.2) is 4.98 Å². The van der Waals surface area contributed by atoms with Crippen molar-refractivity contribution in [2.24, 2.45) is 0 Å². The van der Waals surface area contributed by atoms with Gasteiger partial charge in [0.15, 0.2) is 0 Å². The third-order valence-electron chi connectivity index (χ3n) is 4.31. The van der Waals surface area contributed by atoms with E-state index in [9.17, 15) is 4.79 Å². The van der Waals surface area contributed by atoms with E-state index in [2.05, 4.69) is 20.6 Å². The number of rotatable bonds is 6. The molecule has 6 heteroatoms. The highest BCUT2D eigenvalue weighted by atomic mass is 16.1. The fourth-order valence-corrected chi connectivity index (χ4v) is 2.73. The van der Waals surface area contributed by atoms with E-state index in [-0.39, 0.29) is 5.91 Å². The molecule has 3 aromatic rings. The lowest BCUT2D eigenvalue weighted by Crippen LogP contribution is -2.12. The molecule has 1 heterocycles. The van der Waals surface area contributed by atoms with E-state index < -0.39 is 0 Å². The number of nitrogens with zero attached hydrogens (tertiary/aromatic N) is 3. The molecule has 1 amide bonds. The molecule has 0 spiro atoms. The molecule has 2 aromatic carbocycles. The van der Waals surface area contributed by atoms with E-state index in [1.807, 2.05) is 93.5 Å². The van der Waals surface area contributed by atoms with Crippen LogP contribution in [0, 0.1) is 13.8 Å². The number of hydrogen-bond donors (Lipinski definition) is 2. The maximum Gasteiger partial charge on any atom is 0.248 e. The lowest BCUT2D eigenvalue weighted by atomic mass is 10.1.